The summed E-state index contributed by atoms with van der Waals surface area (Å²) in [5.74, 6) is 1.53. The monoisotopic (exact) mass is 312 g/mol. The van der Waals surface area contributed by atoms with E-state index in [9.17, 15) is 0 Å². The van der Waals surface area contributed by atoms with Crippen molar-refractivity contribution >= 4 is 17.5 Å². The summed E-state index contributed by atoms with van der Waals surface area (Å²) in [5, 5.41) is 4.91. The van der Waals surface area contributed by atoms with Crippen LogP contribution >= 0.6 is 11.6 Å². The van der Waals surface area contributed by atoms with Crippen molar-refractivity contribution in [1.82, 2.24) is 15.1 Å². The van der Waals surface area contributed by atoms with E-state index in [4.69, 9.17) is 16.1 Å². The zero-order valence-corrected chi connectivity index (χ0v) is 12.5. The van der Waals surface area contributed by atoms with Crippen LogP contribution < -0.4 is 4.90 Å². The number of nitrogens with zero attached hydrogens (tertiary/aromatic N) is 4. The second-order valence-corrected chi connectivity index (χ2v) is 5.60. The van der Waals surface area contributed by atoms with Gasteiger partial charge in [-0.25, -0.2) is 9.97 Å². The number of hydrogen-bond acceptors (Lipinski definition) is 5. The van der Waals surface area contributed by atoms with Crippen molar-refractivity contribution in [2.24, 2.45) is 0 Å². The summed E-state index contributed by atoms with van der Waals surface area (Å²) < 4.78 is 5.57. The van der Waals surface area contributed by atoms with E-state index in [-0.39, 0.29) is 0 Å². The highest BCUT2D eigenvalue weighted by molar-refractivity contribution is 6.30. The molecule has 2 aromatic heterocycles. The summed E-state index contributed by atoms with van der Waals surface area (Å²) in [4.78, 5) is 10.8. The molecule has 1 aliphatic heterocycles. The summed E-state index contributed by atoms with van der Waals surface area (Å²) >= 11 is 5.95. The largest absolute Gasteiger partial charge is 0.356 e. The lowest BCUT2D eigenvalue weighted by Gasteiger charge is -2.26. The summed E-state index contributed by atoms with van der Waals surface area (Å²) in [6.07, 6.45) is 4.34. The van der Waals surface area contributed by atoms with Gasteiger partial charge in [-0.15, -0.1) is 0 Å². The van der Waals surface area contributed by atoms with E-state index in [1.165, 1.54) is 0 Å². The van der Waals surface area contributed by atoms with E-state index < -0.39 is 0 Å². The Labute approximate surface area is 132 Å². The van der Waals surface area contributed by atoms with E-state index in [1.54, 1.807) is 12.4 Å². The third-order valence-corrected chi connectivity index (χ3v) is 4.03. The number of fused-ring (bicyclic) bond motifs is 1. The molecule has 0 bridgehead atoms. The number of anilines is 1. The van der Waals surface area contributed by atoms with Crippen molar-refractivity contribution in [3.8, 4) is 11.3 Å². The second-order valence-electron chi connectivity index (χ2n) is 5.16. The van der Waals surface area contributed by atoms with Crippen LogP contribution in [-0.4, -0.2) is 21.7 Å². The van der Waals surface area contributed by atoms with E-state index in [0.29, 0.717) is 11.6 Å². The normalized spacial score (nSPS) is 14.0. The Morgan fingerprint density at radius 1 is 1.09 bits per heavy atom. The Balaban J connectivity index is 1.69. The standard InChI is InChI=1S/C16H13ClN4O/c17-12-4-2-11(3-5-12)15-13-10-21(9-6-14(13)20-22-15)16-18-7-1-8-19-16/h1-5,7-8H,6,9-10H2. The topological polar surface area (TPSA) is 55.1 Å². The smallest absolute Gasteiger partial charge is 0.225 e. The molecule has 0 fully saturated rings. The van der Waals surface area contributed by atoms with Gasteiger partial charge < -0.3 is 9.42 Å². The molecule has 0 N–H and O–H groups in total. The van der Waals surface area contributed by atoms with Crippen molar-refractivity contribution in [3.63, 3.8) is 0 Å². The molecule has 1 aromatic carbocycles. The van der Waals surface area contributed by atoms with Gasteiger partial charge in [0.05, 0.1) is 12.2 Å². The molecule has 0 radical (unpaired) electrons. The fraction of sp³-hybridized carbons (Fsp3) is 0.188. The molecule has 4 rings (SSSR count). The first kappa shape index (κ1) is 13.3. The maximum absolute atomic E-state index is 5.95. The van der Waals surface area contributed by atoms with Crippen molar-refractivity contribution < 1.29 is 4.52 Å². The van der Waals surface area contributed by atoms with Gasteiger partial charge in [0, 0.05) is 41.5 Å². The summed E-state index contributed by atoms with van der Waals surface area (Å²) in [7, 11) is 0. The molecule has 110 valence electrons. The van der Waals surface area contributed by atoms with Crippen molar-refractivity contribution in [3.05, 3.63) is 59.0 Å². The van der Waals surface area contributed by atoms with Crippen LogP contribution in [0.2, 0.25) is 5.02 Å². The zero-order chi connectivity index (χ0) is 14.9. The summed E-state index contributed by atoms with van der Waals surface area (Å²) in [6.45, 7) is 1.53. The molecule has 0 saturated carbocycles. The van der Waals surface area contributed by atoms with Crippen molar-refractivity contribution in [1.29, 1.82) is 0 Å². The molecule has 1 aliphatic rings. The highest BCUT2D eigenvalue weighted by atomic mass is 35.5. The molecular weight excluding hydrogens is 300 g/mol. The highest BCUT2D eigenvalue weighted by Gasteiger charge is 2.25. The van der Waals surface area contributed by atoms with E-state index in [0.717, 1.165) is 41.5 Å². The number of hydrogen-bond donors (Lipinski definition) is 0. The van der Waals surface area contributed by atoms with Gasteiger partial charge in [0.15, 0.2) is 5.76 Å². The summed E-state index contributed by atoms with van der Waals surface area (Å²) in [5.41, 5.74) is 3.09. The second kappa shape index (κ2) is 5.42. The maximum atomic E-state index is 5.95. The van der Waals surface area contributed by atoms with Crippen LogP contribution in [0.1, 0.15) is 11.3 Å². The predicted molar refractivity (Wildman–Crippen MR) is 83.7 cm³/mol. The quantitative estimate of drug-likeness (QED) is 0.726. The SMILES string of the molecule is Clc1ccc(-c2onc3c2CN(c2ncccn2)CC3)cc1. The molecule has 5 nitrogen and oxygen atoms in total. The van der Waals surface area contributed by atoms with Crippen molar-refractivity contribution in [2.75, 3.05) is 11.4 Å². The van der Waals surface area contributed by atoms with E-state index in [2.05, 4.69) is 20.0 Å². The molecule has 0 unspecified atom stereocenters. The Morgan fingerprint density at radius 2 is 1.86 bits per heavy atom. The first-order valence-corrected chi connectivity index (χ1v) is 7.44. The Morgan fingerprint density at radius 3 is 2.64 bits per heavy atom. The first-order chi connectivity index (χ1) is 10.8. The highest BCUT2D eigenvalue weighted by Crippen LogP contribution is 2.31. The van der Waals surface area contributed by atoms with Gasteiger partial charge in [-0.1, -0.05) is 16.8 Å². The molecule has 0 amide bonds. The van der Waals surface area contributed by atoms with Gasteiger partial charge in [-0.05, 0) is 30.3 Å². The van der Waals surface area contributed by atoms with Gasteiger partial charge in [-0.2, -0.15) is 0 Å². The lowest BCUT2D eigenvalue weighted by Crippen LogP contribution is -2.31. The number of benzene rings is 1. The van der Waals surface area contributed by atoms with Crippen LogP contribution in [0.15, 0.2) is 47.2 Å². The fourth-order valence-corrected chi connectivity index (χ4v) is 2.79. The van der Waals surface area contributed by atoms with Crippen LogP contribution in [0.5, 0.6) is 0 Å². The van der Waals surface area contributed by atoms with Crippen molar-refractivity contribution in [2.45, 2.75) is 13.0 Å². The Kier molecular flexibility index (Phi) is 3.27. The molecule has 0 saturated heterocycles. The Bertz CT molecular complexity index is 786. The minimum Gasteiger partial charge on any atom is -0.356 e. The van der Waals surface area contributed by atoms with Gasteiger partial charge in [-0.3, -0.25) is 0 Å². The molecule has 6 heteroatoms. The zero-order valence-electron chi connectivity index (χ0n) is 11.7. The van der Waals surface area contributed by atoms with E-state index >= 15 is 0 Å². The number of rotatable bonds is 2. The summed E-state index contributed by atoms with van der Waals surface area (Å²) in [6, 6.07) is 9.42. The minimum atomic E-state index is 0.695. The number of halogens is 1. The minimum absolute atomic E-state index is 0.695. The number of aromatic nitrogens is 3. The Hall–Kier alpha value is -2.40. The first-order valence-electron chi connectivity index (χ1n) is 7.06. The molecule has 0 aliphatic carbocycles. The molecule has 3 aromatic rings. The van der Waals surface area contributed by atoms with Crippen LogP contribution in [0.3, 0.4) is 0 Å². The van der Waals surface area contributed by atoms with Gasteiger partial charge in [0.2, 0.25) is 5.95 Å². The lowest BCUT2D eigenvalue weighted by molar-refractivity contribution is 0.424. The molecule has 3 heterocycles. The predicted octanol–water partition coefficient (Wildman–Crippen LogP) is 3.35. The van der Waals surface area contributed by atoms with Crippen LogP contribution in [-0.2, 0) is 13.0 Å². The molecule has 0 atom stereocenters. The van der Waals surface area contributed by atoms with Crippen LogP contribution in [0.4, 0.5) is 5.95 Å². The lowest BCUT2D eigenvalue weighted by atomic mass is 10.0. The average Bonchev–Trinajstić information content (AvgIpc) is 2.99. The molecular formula is C16H13ClN4O. The third kappa shape index (κ3) is 2.33. The van der Waals surface area contributed by atoms with Gasteiger partial charge >= 0.3 is 0 Å². The fourth-order valence-electron chi connectivity index (χ4n) is 2.67. The van der Waals surface area contributed by atoms with Crippen LogP contribution in [0.25, 0.3) is 11.3 Å². The maximum Gasteiger partial charge on any atom is 0.225 e. The van der Waals surface area contributed by atoms with E-state index in [1.807, 2.05) is 30.3 Å². The molecule has 0 spiro atoms. The van der Waals surface area contributed by atoms with Gasteiger partial charge in [0.1, 0.15) is 0 Å². The molecule has 22 heavy (non-hydrogen) atoms. The van der Waals surface area contributed by atoms with Crippen LogP contribution in [0, 0.1) is 0 Å². The third-order valence-electron chi connectivity index (χ3n) is 3.78. The average molecular weight is 313 g/mol. The van der Waals surface area contributed by atoms with Gasteiger partial charge in [0.25, 0.3) is 0 Å².